The third-order valence-electron chi connectivity index (χ3n) is 2.68. The van der Waals surface area contributed by atoms with Crippen LogP contribution in [0.2, 0.25) is 0 Å². The predicted octanol–water partition coefficient (Wildman–Crippen LogP) is 0.834. The van der Waals surface area contributed by atoms with Crippen LogP contribution in [0.3, 0.4) is 0 Å². The molecule has 1 aliphatic carbocycles. The smallest absolute Gasteiger partial charge is 0.323 e. The van der Waals surface area contributed by atoms with E-state index in [2.05, 4.69) is 5.32 Å². The molecule has 3 heteroatoms. The fraction of sp³-hybridized carbons (Fsp3) is 0.889. The van der Waals surface area contributed by atoms with Crippen molar-refractivity contribution in [1.82, 2.24) is 5.32 Å². The molecule has 1 saturated heterocycles. The normalized spacial score (nSPS) is 29.8. The lowest BCUT2D eigenvalue weighted by molar-refractivity contribution is -0.155. The standard InChI is InChI=1S/C9H15NO2/c11-9(8-5-2-6-10-8)12-7-3-1-4-7/h7-8,10H,1-6H2. The number of carbonyl (C=O) groups is 1. The van der Waals surface area contributed by atoms with Gasteiger partial charge in [-0.05, 0) is 38.6 Å². The van der Waals surface area contributed by atoms with Crippen LogP contribution < -0.4 is 5.32 Å². The van der Waals surface area contributed by atoms with E-state index in [0.717, 1.165) is 32.2 Å². The van der Waals surface area contributed by atoms with Gasteiger partial charge in [0, 0.05) is 0 Å². The van der Waals surface area contributed by atoms with E-state index in [0.29, 0.717) is 0 Å². The van der Waals surface area contributed by atoms with Gasteiger partial charge in [0.15, 0.2) is 0 Å². The zero-order chi connectivity index (χ0) is 8.39. The SMILES string of the molecule is O=C(OC1CCC1)C1CCCN1. The minimum absolute atomic E-state index is 0.00870. The summed E-state index contributed by atoms with van der Waals surface area (Å²) in [5.74, 6) is -0.0304. The highest BCUT2D eigenvalue weighted by atomic mass is 16.5. The Morgan fingerprint density at radius 1 is 1.25 bits per heavy atom. The van der Waals surface area contributed by atoms with Crippen molar-refractivity contribution < 1.29 is 9.53 Å². The fourth-order valence-corrected chi connectivity index (χ4v) is 1.62. The van der Waals surface area contributed by atoms with Gasteiger partial charge in [-0.1, -0.05) is 0 Å². The second kappa shape index (κ2) is 3.44. The van der Waals surface area contributed by atoms with Crippen LogP contribution in [0.15, 0.2) is 0 Å². The van der Waals surface area contributed by atoms with E-state index < -0.39 is 0 Å². The van der Waals surface area contributed by atoms with Crippen LogP contribution in [-0.2, 0) is 9.53 Å². The second-order valence-electron chi connectivity index (χ2n) is 3.64. The maximum atomic E-state index is 11.4. The quantitative estimate of drug-likeness (QED) is 0.622. The van der Waals surface area contributed by atoms with Crippen molar-refractivity contribution in [2.75, 3.05) is 6.54 Å². The maximum absolute atomic E-state index is 11.4. The van der Waals surface area contributed by atoms with E-state index in [-0.39, 0.29) is 18.1 Å². The van der Waals surface area contributed by atoms with Crippen LogP contribution >= 0.6 is 0 Å². The van der Waals surface area contributed by atoms with Gasteiger partial charge in [0.2, 0.25) is 0 Å². The molecule has 1 unspecified atom stereocenters. The van der Waals surface area contributed by atoms with Crippen molar-refractivity contribution in [3.05, 3.63) is 0 Å². The van der Waals surface area contributed by atoms with Gasteiger partial charge in [0.25, 0.3) is 0 Å². The molecule has 0 aromatic rings. The van der Waals surface area contributed by atoms with Crippen molar-refractivity contribution in [2.45, 2.75) is 44.2 Å². The van der Waals surface area contributed by atoms with Crippen molar-refractivity contribution in [2.24, 2.45) is 0 Å². The first kappa shape index (κ1) is 8.05. The highest BCUT2D eigenvalue weighted by Gasteiger charge is 2.28. The first-order valence-electron chi connectivity index (χ1n) is 4.80. The lowest BCUT2D eigenvalue weighted by Gasteiger charge is -2.26. The Morgan fingerprint density at radius 2 is 2.08 bits per heavy atom. The Balaban J connectivity index is 1.74. The summed E-state index contributed by atoms with van der Waals surface area (Å²) in [7, 11) is 0. The number of carbonyl (C=O) groups excluding carboxylic acids is 1. The Kier molecular flexibility index (Phi) is 2.30. The summed E-state index contributed by atoms with van der Waals surface area (Å²) in [6.45, 7) is 0.963. The lowest BCUT2D eigenvalue weighted by atomic mass is 9.96. The lowest BCUT2D eigenvalue weighted by Crippen LogP contribution is -2.36. The van der Waals surface area contributed by atoms with E-state index in [1.165, 1.54) is 6.42 Å². The topological polar surface area (TPSA) is 38.3 Å². The zero-order valence-corrected chi connectivity index (χ0v) is 7.21. The predicted molar refractivity (Wildman–Crippen MR) is 44.8 cm³/mol. The second-order valence-corrected chi connectivity index (χ2v) is 3.64. The number of hydrogen-bond donors (Lipinski definition) is 1. The van der Waals surface area contributed by atoms with Crippen molar-refractivity contribution >= 4 is 5.97 Å². The number of hydrogen-bond acceptors (Lipinski definition) is 3. The number of rotatable bonds is 2. The molecule has 1 saturated carbocycles. The van der Waals surface area contributed by atoms with E-state index in [9.17, 15) is 4.79 Å². The average molecular weight is 169 g/mol. The summed E-state index contributed by atoms with van der Waals surface area (Å²) in [5.41, 5.74) is 0. The third kappa shape index (κ3) is 1.61. The largest absolute Gasteiger partial charge is 0.461 e. The minimum atomic E-state index is -0.0304. The summed E-state index contributed by atoms with van der Waals surface area (Å²) < 4.78 is 5.27. The van der Waals surface area contributed by atoms with E-state index in [1.54, 1.807) is 0 Å². The number of esters is 1. The molecule has 1 heterocycles. The zero-order valence-electron chi connectivity index (χ0n) is 7.21. The Bertz CT molecular complexity index is 171. The van der Waals surface area contributed by atoms with Gasteiger partial charge in [-0.25, -0.2) is 0 Å². The van der Waals surface area contributed by atoms with Crippen LogP contribution in [0.5, 0.6) is 0 Å². The van der Waals surface area contributed by atoms with Gasteiger partial charge in [0.05, 0.1) is 0 Å². The molecule has 2 fully saturated rings. The van der Waals surface area contributed by atoms with E-state index in [1.807, 2.05) is 0 Å². The van der Waals surface area contributed by atoms with Crippen LogP contribution in [0, 0.1) is 0 Å². The molecule has 1 N–H and O–H groups in total. The molecule has 3 nitrogen and oxygen atoms in total. The molecule has 0 spiro atoms. The molecule has 68 valence electrons. The Labute approximate surface area is 72.5 Å². The molecule has 2 aliphatic rings. The van der Waals surface area contributed by atoms with Gasteiger partial charge >= 0.3 is 5.97 Å². The first-order valence-corrected chi connectivity index (χ1v) is 4.80. The van der Waals surface area contributed by atoms with Gasteiger partial charge in [-0.3, -0.25) is 4.79 Å². The molecule has 0 aromatic carbocycles. The molecule has 0 amide bonds. The van der Waals surface area contributed by atoms with Gasteiger partial charge in [0.1, 0.15) is 12.1 Å². The molecular weight excluding hydrogens is 154 g/mol. The molecule has 0 radical (unpaired) electrons. The first-order chi connectivity index (χ1) is 5.86. The summed E-state index contributed by atoms with van der Waals surface area (Å²) in [4.78, 5) is 11.4. The molecule has 2 rings (SSSR count). The van der Waals surface area contributed by atoms with Crippen LogP contribution in [0.4, 0.5) is 0 Å². The Hall–Kier alpha value is -0.570. The molecular formula is C9H15NO2. The summed E-state index contributed by atoms with van der Waals surface area (Å²) >= 11 is 0. The molecule has 1 aliphatic heterocycles. The number of nitrogens with one attached hydrogen (secondary N) is 1. The summed E-state index contributed by atoms with van der Waals surface area (Å²) in [6.07, 6.45) is 5.64. The fourth-order valence-electron chi connectivity index (χ4n) is 1.62. The maximum Gasteiger partial charge on any atom is 0.323 e. The third-order valence-corrected chi connectivity index (χ3v) is 2.68. The molecule has 0 bridgehead atoms. The van der Waals surface area contributed by atoms with E-state index >= 15 is 0 Å². The number of ether oxygens (including phenoxy) is 1. The monoisotopic (exact) mass is 169 g/mol. The van der Waals surface area contributed by atoms with Crippen LogP contribution in [0.25, 0.3) is 0 Å². The average Bonchev–Trinajstić information content (AvgIpc) is 2.47. The molecule has 1 atom stereocenters. The molecule has 12 heavy (non-hydrogen) atoms. The van der Waals surface area contributed by atoms with Crippen molar-refractivity contribution in [1.29, 1.82) is 0 Å². The Morgan fingerprint density at radius 3 is 2.58 bits per heavy atom. The minimum Gasteiger partial charge on any atom is -0.461 e. The van der Waals surface area contributed by atoms with Crippen LogP contribution in [0.1, 0.15) is 32.1 Å². The summed E-state index contributed by atoms with van der Waals surface area (Å²) in [5, 5.41) is 3.14. The van der Waals surface area contributed by atoms with Crippen LogP contribution in [-0.4, -0.2) is 24.7 Å². The van der Waals surface area contributed by atoms with Gasteiger partial charge in [-0.15, -0.1) is 0 Å². The van der Waals surface area contributed by atoms with Crippen molar-refractivity contribution in [3.8, 4) is 0 Å². The van der Waals surface area contributed by atoms with Crippen molar-refractivity contribution in [3.63, 3.8) is 0 Å². The van der Waals surface area contributed by atoms with Gasteiger partial charge < -0.3 is 10.1 Å². The summed E-state index contributed by atoms with van der Waals surface area (Å²) in [6, 6.07) is -0.00870. The van der Waals surface area contributed by atoms with E-state index in [4.69, 9.17) is 4.74 Å². The van der Waals surface area contributed by atoms with Gasteiger partial charge in [-0.2, -0.15) is 0 Å². The highest BCUT2D eigenvalue weighted by Crippen LogP contribution is 2.23. The highest BCUT2D eigenvalue weighted by molar-refractivity contribution is 5.76. The molecule has 0 aromatic heterocycles.